The van der Waals surface area contributed by atoms with Gasteiger partial charge in [-0.25, -0.2) is 0 Å². The third-order valence-corrected chi connectivity index (χ3v) is 6.05. The molecule has 0 spiro atoms. The van der Waals surface area contributed by atoms with Gasteiger partial charge in [-0.15, -0.1) is 35.3 Å². The van der Waals surface area contributed by atoms with Gasteiger partial charge in [0, 0.05) is 38.3 Å². The summed E-state index contributed by atoms with van der Waals surface area (Å²) in [5, 5.41) is 10.6. The van der Waals surface area contributed by atoms with Gasteiger partial charge in [0.2, 0.25) is 0 Å². The highest BCUT2D eigenvalue weighted by Crippen LogP contribution is 2.26. The number of halogens is 1. The third-order valence-electron chi connectivity index (χ3n) is 5.12. The van der Waals surface area contributed by atoms with Crippen molar-refractivity contribution in [3.8, 4) is 0 Å². The molecule has 0 radical (unpaired) electrons. The van der Waals surface area contributed by atoms with Crippen LogP contribution in [0.4, 0.5) is 5.00 Å². The number of anilines is 1. The molecule has 3 rings (SSSR count). The molecule has 0 aromatic carbocycles. The molecule has 2 heterocycles. The first-order valence-electron chi connectivity index (χ1n) is 9.87. The van der Waals surface area contributed by atoms with E-state index >= 15 is 0 Å². The fourth-order valence-corrected chi connectivity index (χ4v) is 4.32. The molecule has 0 atom stereocenters. The summed E-state index contributed by atoms with van der Waals surface area (Å²) < 4.78 is 0. The van der Waals surface area contributed by atoms with Crippen LogP contribution in [-0.2, 0) is 0 Å². The number of hydrogen-bond acceptors (Lipinski definition) is 4. The van der Waals surface area contributed by atoms with Crippen LogP contribution in [0.1, 0.15) is 39.5 Å². The highest BCUT2D eigenvalue weighted by molar-refractivity contribution is 14.0. The van der Waals surface area contributed by atoms with Crippen LogP contribution < -0.4 is 15.5 Å². The maximum Gasteiger partial charge on any atom is 0.191 e. The second-order valence-corrected chi connectivity index (χ2v) is 7.90. The van der Waals surface area contributed by atoms with Crippen LogP contribution in [0.3, 0.4) is 0 Å². The minimum Gasteiger partial charge on any atom is -0.363 e. The molecule has 1 aromatic heterocycles. The predicted molar refractivity (Wildman–Crippen MR) is 124 cm³/mol. The summed E-state index contributed by atoms with van der Waals surface area (Å²) in [4.78, 5) is 9.88. The van der Waals surface area contributed by atoms with Crippen molar-refractivity contribution >= 4 is 46.3 Å². The van der Waals surface area contributed by atoms with Gasteiger partial charge in [0.15, 0.2) is 5.96 Å². The third kappa shape index (κ3) is 6.56. The van der Waals surface area contributed by atoms with Crippen molar-refractivity contribution in [2.75, 3.05) is 44.2 Å². The van der Waals surface area contributed by atoms with Gasteiger partial charge in [0.1, 0.15) is 0 Å². The zero-order valence-corrected chi connectivity index (χ0v) is 19.3. The molecule has 1 aliphatic carbocycles. The van der Waals surface area contributed by atoms with E-state index in [9.17, 15) is 0 Å². The number of nitrogens with zero attached hydrogens (tertiary/aromatic N) is 3. The summed E-state index contributed by atoms with van der Waals surface area (Å²) in [6, 6.07) is 5.72. The van der Waals surface area contributed by atoms with E-state index in [1.54, 1.807) is 0 Å². The van der Waals surface area contributed by atoms with Crippen molar-refractivity contribution in [3.05, 3.63) is 17.5 Å². The van der Waals surface area contributed by atoms with E-state index in [0.29, 0.717) is 6.04 Å². The number of rotatable bonds is 8. The molecule has 1 saturated carbocycles. The fraction of sp³-hybridized carbons (Fsp3) is 0.737. The van der Waals surface area contributed by atoms with Crippen molar-refractivity contribution in [1.82, 2.24) is 15.5 Å². The number of nitrogens with one attached hydrogen (secondary N) is 2. The number of hydrogen-bond donors (Lipinski definition) is 2. The number of guanidine groups is 1. The Labute approximate surface area is 179 Å². The van der Waals surface area contributed by atoms with Crippen LogP contribution in [0.2, 0.25) is 0 Å². The molecule has 1 aliphatic heterocycles. The number of likely N-dealkylation sites (N-methyl/N-ethyl adjacent to an activating group) is 1. The second kappa shape index (κ2) is 11.3. The highest BCUT2D eigenvalue weighted by Gasteiger charge is 2.27. The molecular weight excluding hydrogens is 457 g/mol. The molecule has 2 fully saturated rings. The number of thiophene rings is 1. The summed E-state index contributed by atoms with van der Waals surface area (Å²) in [6.45, 7) is 10.7. The Balaban J connectivity index is 0.00000243. The van der Waals surface area contributed by atoms with Crippen LogP contribution in [0.5, 0.6) is 0 Å². The highest BCUT2D eigenvalue weighted by atomic mass is 127. The monoisotopic (exact) mass is 491 g/mol. The van der Waals surface area contributed by atoms with Gasteiger partial charge >= 0.3 is 0 Å². The minimum absolute atomic E-state index is 0. The van der Waals surface area contributed by atoms with E-state index in [1.807, 2.05) is 11.3 Å². The Kier molecular flexibility index (Phi) is 9.49. The van der Waals surface area contributed by atoms with E-state index in [2.05, 4.69) is 51.8 Å². The summed E-state index contributed by atoms with van der Waals surface area (Å²) in [5.74, 6) is 0.990. The Morgan fingerprint density at radius 3 is 2.62 bits per heavy atom. The maximum absolute atomic E-state index is 4.82. The summed E-state index contributed by atoms with van der Waals surface area (Å²) in [7, 11) is 0. The molecule has 5 nitrogen and oxygen atoms in total. The SMILES string of the molecule is CCNC(=NCCN(CC)C1CC1)NC1CCN(c2cccs2)CC1.I. The lowest BCUT2D eigenvalue weighted by molar-refractivity contribution is 0.286. The molecule has 7 heteroatoms. The van der Waals surface area contributed by atoms with Crippen molar-refractivity contribution in [2.24, 2.45) is 4.99 Å². The van der Waals surface area contributed by atoms with Gasteiger partial charge in [-0.05, 0) is 56.7 Å². The van der Waals surface area contributed by atoms with E-state index in [1.165, 1.54) is 30.7 Å². The first-order valence-corrected chi connectivity index (χ1v) is 10.8. The fourth-order valence-electron chi connectivity index (χ4n) is 3.54. The summed E-state index contributed by atoms with van der Waals surface area (Å²) in [6.07, 6.45) is 5.09. The lowest BCUT2D eigenvalue weighted by Gasteiger charge is -2.33. The molecule has 0 bridgehead atoms. The zero-order chi connectivity index (χ0) is 17.5. The van der Waals surface area contributed by atoms with Gasteiger partial charge in [-0.1, -0.05) is 6.92 Å². The first-order chi connectivity index (χ1) is 12.3. The second-order valence-electron chi connectivity index (χ2n) is 6.98. The van der Waals surface area contributed by atoms with Crippen LogP contribution in [-0.4, -0.2) is 62.2 Å². The van der Waals surface area contributed by atoms with Crippen molar-refractivity contribution in [3.63, 3.8) is 0 Å². The largest absolute Gasteiger partial charge is 0.363 e. The van der Waals surface area contributed by atoms with E-state index < -0.39 is 0 Å². The molecule has 1 aromatic rings. The molecular formula is C19H34IN5S. The van der Waals surface area contributed by atoms with E-state index in [-0.39, 0.29) is 24.0 Å². The number of aliphatic imine (C=N–C) groups is 1. The van der Waals surface area contributed by atoms with Crippen LogP contribution in [0.15, 0.2) is 22.5 Å². The Bertz CT molecular complexity index is 524. The van der Waals surface area contributed by atoms with Crippen molar-refractivity contribution in [2.45, 2.75) is 51.6 Å². The topological polar surface area (TPSA) is 42.9 Å². The maximum atomic E-state index is 4.82. The average molecular weight is 491 g/mol. The normalized spacial score (nSPS) is 18.7. The smallest absolute Gasteiger partial charge is 0.191 e. The summed E-state index contributed by atoms with van der Waals surface area (Å²) >= 11 is 1.84. The van der Waals surface area contributed by atoms with Gasteiger partial charge < -0.3 is 15.5 Å². The lowest BCUT2D eigenvalue weighted by Crippen LogP contribution is -2.48. The predicted octanol–water partition coefficient (Wildman–Crippen LogP) is 3.37. The van der Waals surface area contributed by atoms with Crippen LogP contribution >= 0.6 is 35.3 Å². The molecule has 0 unspecified atom stereocenters. The molecule has 2 N–H and O–H groups in total. The van der Waals surface area contributed by atoms with E-state index in [0.717, 1.165) is 51.3 Å². The van der Waals surface area contributed by atoms with Crippen LogP contribution in [0.25, 0.3) is 0 Å². The number of piperidine rings is 1. The van der Waals surface area contributed by atoms with Gasteiger partial charge in [0.05, 0.1) is 11.5 Å². The van der Waals surface area contributed by atoms with Crippen LogP contribution in [0, 0.1) is 0 Å². The molecule has 0 amide bonds. The first kappa shape index (κ1) is 21.8. The Morgan fingerprint density at radius 1 is 1.27 bits per heavy atom. The van der Waals surface area contributed by atoms with Crippen molar-refractivity contribution in [1.29, 1.82) is 0 Å². The molecule has 2 aliphatic rings. The lowest BCUT2D eigenvalue weighted by atomic mass is 10.1. The van der Waals surface area contributed by atoms with E-state index in [4.69, 9.17) is 4.99 Å². The summed E-state index contributed by atoms with van der Waals surface area (Å²) in [5.41, 5.74) is 0. The molecule has 1 saturated heterocycles. The van der Waals surface area contributed by atoms with Gasteiger partial charge in [0.25, 0.3) is 0 Å². The standard InChI is InChI=1S/C19H33N5S.HI/c1-3-20-19(21-11-14-23(4-2)17-7-8-17)22-16-9-12-24(13-10-16)18-6-5-15-25-18;/h5-6,15-17H,3-4,7-14H2,1-2H3,(H2,20,21,22);1H. The van der Waals surface area contributed by atoms with Crippen molar-refractivity contribution < 1.29 is 0 Å². The Hall–Kier alpha value is -0.540. The molecule has 26 heavy (non-hydrogen) atoms. The van der Waals surface area contributed by atoms with Gasteiger partial charge in [-0.3, -0.25) is 9.89 Å². The Morgan fingerprint density at radius 2 is 2.04 bits per heavy atom. The quantitative estimate of drug-likeness (QED) is 0.333. The minimum atomic E-state index is 0. The molecule has 148 valence electrons. The van der Waals surface area contributed by atoms with Gasteiger partial charge in [-0.2, -0.15) is 0 Å². The average Bonchev–Trinajstić information content (AvgIpc) is 3.32. The zero-order valence-electron chi connectivity index (χ0n) is 16.1.